The summed E-state index contributed by atoms with van der Waals surface area (Å²) in [6.45, 7) is 5.97. The molecule has 0 unspecified atom stereocenters. The summed E-state index contributed by atoms with van der Waals surface area (Å²) in [7, 11) is -4.67. The minimum Gasteiger partial charge on any atom is -0.353 e. The molecule has 3 N–H and O–H groups in total. The molecule has 4 rings (SSSR count). The number of pyridine rings is 1. The quantitative estimate of drug-likeness (QED) is 0.588. The molecule has 4 heterocycles. The first kappa shape index (κ1) is 20.0. The van der Waals surface area contributed by atoms with Crippen LogP contribution in [0.3, 0.4) is 0 Å². The smallest absolute Gasteiger partial charge is 0.353 e. The van der Waals surface area contributed by atoms with Crippen LogP contribution in [-0.2, 0) is 10.4 Å². The van der Waals surface area contributed by atoms with Crippen LogP contribution in [0, 0.1) is 0 Å². The molecule has 2 aliphatic heterocycles. The summed E-state index contributed by atoms with van der Waals surface area (Å²) < 4.78 is 31.6. The number of hydrogen-bond donors (Lipinski definition) is 3. The molecule has 10 nitrogen and oxygen atoms in total. The zero-order chi connectivity index (χ0) is 19.3. The molecule has 2 fully saturated rings. The maximum absolute atomic E-state index is 8.74. The van der Waals surface area contributed by atoms with E-state index in [9.17, 15) is 0 Å². The van der Waals surface area contributed by atoms with Crippen LogP contribution in [0.5, 0.6) is 0 Å². The molecule has 2 saturated heterocycles. The van der Waals surface area contributed by atoms with Crippen molar-refractivity contribution in [3.63, 3.8) is 0 Å². The monoisotopic (exact) mass is 414 g/mol. The van der Waals surface area contributed by atoms with Gasteiger partial charge in [0.15, 0.2) is 5.82 Å². The summed E-state index contributed by atoms with van der Waals surface area (Å²) in [5.74, 6) is 4.15. The van der Waals surface area contributed by atoms with Crippen molar-refractivity contribution >= 4 is 45.0 Å². The Hall–Kier alpha value is -1.73. The van der Waals surface area contributed by atoms with E-state index >= 15 is 0 Å². The fraction of sp³-hybridized carbons (Fsp3) is 0.533. The highest BCUT2D eigenvalue weighted by molar-refractivity contribution is 7.99. The van der Waals surface area contributed by atoms with E-state index in [1.165, 1.54) is 0 Å². The van der Waals surface area contributed by atoms with Gasteiger partial charge in [0.1, 0.15) is 5.52 Å². The van der Waals surface area contributed by atoms with Gasteiger partial charge in [0, 0.05) is 57.0 Å². The number of hydrogen-bond acceptors (Lipinski definition) is 9. The predicted octanol–water partition coefficient (Wildman–Crippen LogP) is 0.335. The third-order valence-electron chi connectivity index (χ3n) is 4.14. The largest absolute Gasteiger partial charge is 0.394 e. The predicted molar refractivity (Wildman–Crippen MR) is 106 cm³/mol. The van der Waals surface area contributed by atoms with Gasteiger partial charge < -0.3 is 15.1 Å². The lowest BCUT2D eigenvalue weighted by Crippen LogP contribution is -2.44. The number of rotatable bonds is 2. The molecule has 2 aromatic heterocycles. The zero-order valence-corrected chi connectivity index (χ0v) is 16.3. The number of aromatic nitrogens is 3. The van der Waals surface area contributed by atoms with E-state index in [1.807, 2.05) is 30.1 Å². The summed E-state index contributed by atoms with van der Waals surface area (Å²) in [5, 5.41) is 3.38. The first-order chi connectivity index (χ1) is 12.9. The highest BCUT2D eigenvalue weighted by atomic mass is 32.3. The van der Waals surface area contributed by atoms with Crippen LogP contribution < -0.4 is 15.1 Å². The summed E-state index contributed by atoms with van der Waals surface area (Å²) in [6, 6.07) is 3.99. The Morgan fingerprint density at radius 1 is 1.04 bits per heavy atom. The van der Waals surface area contributed by atoms with Crippen LogP contribution >= 0.6 is 11.8 Å². The van der Waals surface area contributed by atoms with Crippen molar-refractivity contribution in [2.24, 2.45) is 0 Å². The van der Waals surface area contributed by atoms with E-state index in [-0.39, 0.29) is 0 Å². The Bertz CT molecular complexity index is 862. The number of nitrogens with zero attached hydrogens (tertiary/aromatic N) is 5. The molecule has 0 amide bonds. The Kier molecular flexibility index (Phi) is 6.65. The second-order valence-electron chi connectivity index (χ2n) is 6.00. The van der Waals surface area contributed by atoms with Crippen LogP contribution in [0.4, 0.5) is 11.8 Å². The van der Waals surface area contributed by atoms with Crippen molar-refractivity contribution in [1.82, 2.24) is 20.3 Å². The number of anilines is 2. The maximum atomic E-state index is 8.74. The van der Waals surface area contributed by atoms with Crippen LogP contribution in [0.15, 0.2) is 18.3 Å². The molecule has 0 aromatic carbocycles. The molecule has 0 aliphatic carbocycles. The van der Waals surface area contributed by atoms with Crippen molar-refractivity contribution in [2.75, 3.05) is 60.6 Å². The number of nitrogens with one attached hydrogen (secondary N) is 1. The minimum atomic E-state index is -4.67. The fourth-order valence-corrected chi connectivity index (χ4v) is 3.84. The third-order valence-corrected chi connectivity index (χ3v) is 5.08. The maximum Gasteiger partial charge on any atom is 0.394 e. The van der Waals surface area contributed by atoms with Gasteiger partial charge in [0.25, 0.3) is 0 Å². The molecule has 0 radical (unpaired) electrons. The van der Waals surface area contributed by atoms with Gasteiger partial charge in [0.2, 0.25) is 5.95 Å². The molecule has 148 valence electrons. The Balaban J connectivity index is 0.000000376. The Labute approximate surface area is 162 Å². The number of fused-ring (bicyclic) bond motifs is 1. The summed E-state index contributed by atoms with van der Waals surface area (Å²) in [4.78, 5) is 18.8. The number of thioether (sulfide) groups is 1. The fourth-order valence-electron chi connectivity index (χ4n) is 2.94. The van der Waals surface area contributed by atoms with Gasteiger partial charge >= 0.3 is 10.4 Å². The number of piperazine rings is 1. The Morgan fingerprint density at radius 2 is 1.70 bits per heavy atom. The van der Waals surface area contributed by atoms with Crippen molar-refractivity contribution in [2.45, 2.75) is 0 Å². The Morgan fingerprint density at radius 3 is 2.37 bits per heavy atom. The molecule has 0 saturated carbocycles. The van der Waals surface area contributed by atoms with Crippen molar-refractivity contribution in [3.05, 3.63) is 18.3 Å². The van der Waals surface area contributed by atoms with Crippen LogP contribution in [0.2, 0.25) is 0 Å². The average Bonchev–Trinajstić information content (AvgIpc) is 2.67. The van der Waals surface area contributed by atoms with Crippen molar-refractivity contribution in [1.29, 1.82) is 0 Å². The second kappa shape index (κ2) is 8.97. The van der Waals surface area contributed by atoms with Gasteiger partial charge in [-0.2, -0.15) is 25.2 Å². The standard InChI is InChI=1S/C15H20N6S.H2O4S/c1-2-12-13(17-3-1)14(20-8-10-22-11-9-20)19-15(18-12)21-6-4-16-5-7-21;1-5(2,3)4/h1-3,16H,4-11H2;(H2,1,2,3,4). The molecule has 12 heteroatoms. The molecule has 0 bridgehead atoms. The van der Waals surface area contributed by atoms with E-state index in [4.69, 9.17) is 27.5 Å². The van der Waals surface area contributed by atoms with E-state index in [0.717, 1.165) is 73.6 Å². The van der Waals surface area contributed by atoms with Gasteiger partial charge in [-0.25, -0.2) is 4.98 Å². The SMILES string of the molecule is O=S(=O)(O)O.c1cnc2c(N3CCSCC3)nc(N3CCNCC3)nc2c1. The molecular weight excluding hydrogens is 392 g/mol. The topological polar surface area (TPSA) is 132 Å². The van der Waals surface area contributed by atoms with Crippen LogP contribution in [-0.4, -0.2) is 83.2 Å². The van der Waals surface area contributed by atoms with Crippen molar-refractivity contribution < 1.29 is 17.5 Å². The molecule has 0 atom stereocenters. The molecule has 2 aromatic rings. The highest BCUT2D eigenvalue weighted by Gasteiger charge is 2.21. The van der Waals surface area contributed by atoms with Gasteiger partial charge in [-0.05, 0) is 12.1 Å². The van der Waals surface area contributed by atoms with E-state index in [2.05, 4.69) is 20.1 Å². The summed E-state index contributed by atoms with van der Waals surface area (Å²) >= 11 is 2.01. The van der Waals surface area contributed by atoms with Gasteiger partial charge in [-0.15, -0.1) is 0 Å². The second-order valence-corrected chi connectivity index (χ2v) is 8.12. The van der Waals surface area contributed by atoms with E-state index < -0.39 is 10.4 Å². The van der Waals surface area contributed by atoms with Crippen LogP contribution in [0.25, 0.3) is 11.0 Å². The van der Waals surface area contributed by atoms with Crippen LogP contribution in [0.1, 0.15) is 0 Å². The van der Waals surface area contributed by atoms with Crippen molar-refractivity contribution in [3.8, 4) is 0 Å². The molecular formula is C15H22N6O4S2. The van der Waals surface area contributed by atoms with Gasteiger partial charge in [-0.1, -0.05) is 0 Å². The third kappa shape index (κ3) is 5.87. The van der Waals surface area contributed by atoms with E-state index in [0.29, 0.717) is 0 Å². The lowest BCUT2D eigenvalue weighted by atomic mass is 10.3. The first-order valence-corrected chi connectivity index (χ1v) is 11.1. The molecule has 2 aliphatic rings. The average molecular weight is 415 g/mol. The summed E-state index contributed by atoms with van der Waals surface area (Å²) in [5.41, 5.74) is 1.87. The summed E-state index contributed by atoms with van der Waals surface area (Å²) in [6.07, 6.45) is 1.83. The van der Waals surface area contributed by atoms with Gasteiger partial charge in [0.05, 0.1) is 5.52 Å². The van der Waals surface area contributed by atoms with E-state index in [1.54, 1.807) is 0 Å². The first-order valence-electron chi connectivity index (χ1n) is 8.53. The molecule has 0 spiro atoms. The van der Waals surface area contributed by atoms with Gasteiger partial charge in [-0.3, -0.25) is 14.1 Å². The lowest BCUT2D eigenvalue weighted by Gasteiger charge is -2.31. The minimum absolute atomic E-state index is 0.843. The molecule has 27 heavy (non-hydrogen) atoms. The highest BCUT2D eigenvalue weighted by Crippen LogP contribution is 2.27. The zero-order valence-electron chi connectivity index (χ0n) is 14.7. The normalized spacial score (nSPS) is 18.1. The lowest BCUT2D eigenvalue weighted by molar-refractivity contribution is 0.381.